The number of hydrazine groups is 1. The van der Waals surface area contributed by atoms with Crippen molar-refractivity contribution in [3.05, 3.63) is 45.6 Å². The summed E-state index contributed by atoms with van der Waals surface area (Å²) < 4.78 is 5.60. The Bertz CT molecular complexity index is 660. The lowest BCUT2D eigenvalue weighted by Gasteiger charge is -2.09. The van der Waals surface area contributed by atoms with E-state index in [0.717, 1.165) is 0 Å². The van der Waals surface area contributed by atoms with Gasteiger partial charge in [-0.1, -0.05) is 0 Å². The molecule has 2 rings (SSSR count). The van der Waals surface area contributed by atoms with Crippen molar-refractivity contribution in [3.8, 4) is 11.6 Å². The van der Waals surface area contributed by atoms with Crippen LogP contribution < -0.4 is 16.0 Å². The molecule has 0 aliphatic rings. The van der Waals surface area contributed by atoms with Crippen LogP contribution in [0.2, 0.25) is 0 Å². The summed E-state index contributed by atoms with van der Waals surface area (Å²) in [6, 6.07) is 5.98. The largest absolute Gasteiger partial charge is 0.439 e. The summed E-state index contributed by atoms with van der Waals surface area (Å²) in [7, 11) is 0. The van der Waals surface area contributed by atoms with Crippen LogP contribution in [0.1, 0.15) is 11.3 Å². The molecule has 1 aromatic heterocycles. The zero-order valence-electron chi connectivity index (χ0n) is 11.0. The maximum absolute atomic E-state index is 10.7. The van der Waals surface area contributed by atoms with Gasteiger partial charge in [-0.2, -0.15) is 4.98 Å². The van der Waals surface area contributed by atoms with E-state index in [0.29, 0.717) is 22.9 Å². The number of ether oxygens (including phenoxy) is 1. The second kappa shape index (κ2) is 5.49. The normalized spacial score (nSPS) is 10.2. The van der Waals surface area contributed by atoms with Crippen LogP contribution in [0.3, 0.4) is 0 Å². The summed E-state index contributed by atoms with van der Waals surface area (Å²) in [6.07, 6.45) is 0. The number of nitrogens with zero attached hydrogens (tertiary/aromatic N) is 3. The minimum absolute atomic E-state index is 0.0121. The van der Waals surface area contributed by atoms with Crippen LogP contribution in [-0.2, 0) is 0 Å². The molecule has 0 aliphatic heterocycles. The first kappa shape index (κ1) is 13.7. The first-order chi connectivity index (χ1) is 9.49. The molecule has 0 fully saturated rings. The molecule has 0 radical (unpaired) electrons. The lowest BCUT2D eigenvalue weighted by atomic mass is 10.2. The van der Waals surface area contributed by atoms with Gasteiger partial charge in [-0.3, -0.25) is 15.5 Å². The monoisotopic (exact) mass is 275 g/mol. The number of nitro groups is 1. The van der Waals surface area contributed by atoms with Gasteiger partial charge in [0.05, 0.1) is 4.92 Å². The second-order valence-electron chi connectivity index (χ2n) is 4.12. The molecule has 104 valence electrons. The van der Waals surface area contributed by atoms with Crippen LogP contribution in [0.25, 0.3) is 0 Å². The molecule has 2 aromatic rings. The van der Waals surface area contributed by atoms with Crippen molar-refractivity contribution < 1.29 is 9.66 Å². The molecule has 0 aliphatic carbocycles. The average Bonchev–Trinajstić information content (AvgIpc) is 2.40. The van der Waals surface area contributed by atoms with Gasteiger partial charge in [0.25, 0.3) is 5.69 Å². The number of hydrogen-bond donors (Lipinski definition) is 2. The predicted molar refractivity (Wildman–Crippen MR) is 72.5 cm³/mol. The number of nitrogen functional groups attached to an aromatic ring is 1. The van der Waals surface area contributed by atoms with Crippen molar-refractivity contribution in [2.24, 2.45) is 5.84 Å². The summed E-state index contributed by atoms with van der Waals surface area (Å²) in [5, 5.41) is 10.7. The number of nitrogens with one attached hydrogen (secondary N) is 1. The van der Waals surface area contributed by atoms with Crippen LogP contribution in [0, 0.1) is 24.0 Å². The predicted octanol–water partition coefficient (Wildman–Crippen LogP) is 2.08. The molecule has 20 heavy (non-hydrogen) atoms. The van der Waals surface area contributed by atoms with E-state index in [-0.39, 0.29) is 11.6 Å². The van der Waals surface area contributed by atoms with Crippen molar-refractivity contribution in [2.45, 2.75) is 13.8 Å². The van der Waals surface area contributed by atoms with Gasteiger partial charge in [0.15, 0.2) is 0 Å². The van der Waals surface area contributed by atoms with Crippen molar-refractivity contribution in [2.75, 3.05) is 5.43 Å². The Hall–Kier alpha value is -2.74. The second-order valence-corrected chi connectivity index (χ2v) is 4.12. The molecule has 0 saturated heterocycles. The molecule has 0 unspecified atom stereocenters. The number of non-ortho nitro benzene ring substituents is 1. The Balaban J connectivity index is 2.30. The molecule has 8 heteroatoms. The number of aromatic nitrogens is 2. The van der Waals surface area contributed by atoms with Crippen molar-refractivity contribution in [1.82, 2.24) is 9.97 Å². The van der Waals surface area contributed by atoms with E-state index in [1.807, 2.05) is 0 Å². The average molecular weight is 275 g/mol. The van der Waals surface area contributed by atoms with Crippen molar-refractivity contribution >= 4 is 11.6 Å². The lowest BCUT2D eigenvalue weighted by molar-refractivity contribution is -0.384. The Morgan fingerprint density at radius 1 is 1.30 bits per heavy atom. The molecule has 0 bridgehead atoms. The van der Waals surface area contributed by atoms with Crippen molar-refractivity contribution in [3.63, 3.8) is 0 Å². The fourth-order valence-electron chi connectivity index (χ4n) is 1.63. The summed E-state index contributed by atoms with van der Waals surface area (Å²) in [5.74, 6) is 6.29. The van der Waals surface area contributed by atoms with Crippen LogP contribution in [0.5, 0.6) is 11.6 Å². The van der Waals surface area contributed by atoms with E-state index in [4.69, 9.17) is 10.6 Å². The quantitative estimate of drug-likeness (QED) is 0.498. The van der Waals surface area contributed by atoms with Gasteiger partial charge in [-0.15, -0.1) is 0 Å². The number of nitrogens with two attached hydrogens (primary N) is 1. The maximum Gasteiger partial charge on any atom is 0.269 e. The van der Waals surface area contributed by atoms with Gasteiger partial charge in [-0.05, 0) is 25.5 Å². The summed E-state index contributed by atoms with van der Waals surface area (Å²) >= 11 is 0. The standard InChI is InChI=1S/C12H13N5O3/c1-7-5-9(17(18)19)3-4-10(7)20-11-6-8(2)14-12(15-11)16-13/h3-6H,13H2,1-2H3,(H,14,15,16). The molecule has 1 heterocycles. The maximum atomic E-state index is 10.7. The van der Waals surface area contributed by atoms with Crippen LogP contribution in [0.4, 0.5) is 11.6 Å². The highest BCUT2D eigenvalue weighted by molar-refractivity contribution is 5.44. The minimum Gasteiger partial charge on any atom is -0.439 e. The fraction of sp³-hybridized carbons (Fsp3) is 0.167. The van der Waals surface area contributed by atoms with E-state index < -0.39 is 4.92 Å². The molecule has 0 amide bonds. The van der Waals surface area contributed by atoms with E-state index in [1.54, 1.807) is 19.9 Å². The summed E-state index contributed by atoms with van der Waals surface area (Å²) in [4.78, 5) is 18.3. The zero-order valence-corrected chi connectivity index (χ0v) is 11.0. The number of nitro benzene ring substituents is 1. The highest BCUT2D eigenvalue weighted by Gasteiger charge is 2.10. The number of rotatable bonds is 4. The first-order valence-electron chi connectivity index (χ1n) is 5.75. The topological polar surface area (TPSA) is 116 Å². The van der Waals surface area contributed by atoms with E-state index in [9.17, 15) is 10.1 Å². The van der Waals surface area contributed by atoms with Crippen LogP contribution in [0.15, 0.2) is 24.3 Å². The number of anilines is 1. The smallest absolute Gasteiger partial charge is 0.269 e. The highest BCUT2D eigenvalue weighted by atomic mass is 16.6. The molecular formula is C12H13N5O3. The molecule has 3 N–H and O–H groups in total. The molecule has 0 atom stereocenters. The van der Waals surface area contributed by atoms with Gasteiger partial charge in [-0.25, -0.2) is 10.8 Å². The molecule has 8 nitrogen and oxygen atoms in total. The number of benzene rings is 1. The Kier molecular flexibility index (Phi) is 3.76. The van der Waals surface area contributed by atoms with Crippen LogP contribution >= 0.6 is 0 Å². The van der Waals surface area contributed by atoms with E-state index in [1.165, 1.54) is 18.2 Å². The van der Waals surface area contributed by atoms with Gasteiger partial charge >= 0.3 is 0 Å². The Morgan fingerprint density at radius 2 is 2.05 bits per heavy atom. The van der Waals surface area contributed by atoms with Gasteiger partial charge in [0.1, 0.15) is 5.75 Å². The molecule has 1 aromatic carbocycles. The molecule has 0 saturated carbocycles. The van der Waals surface area contributed by atoms with Crippen LogP contribution in [-0.4, -0.2) is 14.9 Å². The van der Waals surface area contributed by atoms with Crippen molar-refractivity contribution in [1.29, 1.82) is 0 Å². The van der Waals surface area contributed by atoms with Gasteiger partial charge in [0, 0.05) is 23.9 Å². The van der Waals surface area contributed by atoms with E-state index in [2.05, 4.69) is 15.4 Å². The SMILES string of the molecule is Cc1cc(Oc2ccc([N+](=O)[O-])cc2C)nc(NN)n1. The third kappa shape index (κ3) is 2.98. The third-order valence-corrected chi connectivity index (χ3v) is 2.54. The highest BCUT2D eigenvalue weighted by Crippen LogP contribution is 2.27. The van der Waals surface area contributed by atoms with Gasteiger partial charge in [0.2, 0.25) is 11.8 Å². The molecule has 0 spiro atoms. The number of hydrogen-bond acceptors (Lipinski definition) is 7. The lowest BCUT2D eigenvalue weighted by Crippen LogP contribution is -2.11. The Labute approximate surface area is 114 Å². The molecular weight excluding hydrogens is 262 g/mol. The third-order valence-electron chi connectivity index (χ3n) is 2.54. The summed E-state index contributed by atoms with van der Waals surface area (Å²) in [6.45, 7) is 3.50. The number of aryl methyl sites for hydroxylation is 2. The first-order valence-corrected chi connectivity index (χ1v) is 5.75. The fourth-order valence-corrected chi connectivity index (χ4v) is 1.63. The zero-order chi connectivity index (χ0) is 14.7. The van der Waals surface area contributed by atoms with E-state index >= 15 is 0 Å². The Morgan fingerprint density at radius 3 is 2.65 bits per heavy atom. The van der Waals surface area contributed by atoms with Gasteiger partial charge < -0.3 is 4.74 Å². The minimum atomic E-state index is -0.456. The summed E-state index contributed by atoms with van der Waals surface area (Å²) in [5.41, 5.74) is 3.67.